The third-order valence-corrected chi connectivity index (χ3v) is 4.39. The summed E-state index contributed by atoms with van der Waals surface area (Å²) in [6.45, 7) is 0.396. The van der Waals surface area contributed by atoms with Gasteiger partial charge >= 0.3 is 5.97 Å². The Kier molecular flexibility index (Phi) is 3.83. The first kappa shape index (κ1) is 14.6. The van der Waals surface area contributed by atoms with Gasteiger partial charge in [0, 0.05) is 18.3 Å². The van der Waals surface area contributed by atoms with Gasteiger partial charge < -0.3 is 4.74 Å². The summed E-state index contributed by atoms with van der Waals surface area (Å²) in [4.78, 5) is 20.7. The summed E-state index contributed by atoms with van der Waals surface area (Å²) >= 11 is 0. The number of nitrogens with zero attached hydrogens (tertiary/aromatic N) is 3. The van der Waals surface area contributed by atoms with E-state index >= 15 is 0 Å². The summed E-state index contributed by atoms with van der Waals surface area (Å²) in [5.74, 6) is 0.538. The second kappa shape index (κ2) is 6.28. The fourth-order valence-electron chi connectivity index (χ4n) is 3.14. The van der Waals surface area contributed by atoms with E-state index in [-0.39, 0.29) is 11.9 Å². The first-order chi connectivity index (χ1) is 11.8. The van der Waals surface area contributed by atoms with Crippen molar-refractivity contribution in [1.29, 1.82) is 0 Å². The van der Waals surface area contributed by atoms with Crippen LogP contribution in [0.1, 0.15) is 34.0 Å². The number of hydrogen-bond donors (Lipinski definition) is 0. The lowest BCUT2D eigenvalue weighted by Crippen LogP contribution is -2.13. The van der Waals surface area contributed by atoms with Crippen LogP contribution in [0.25, 0.3) is 5.82 Å². The van der Waals surface area contributed by atoms with Gasteiger partial charge in [-0.3, -0.25) is 4.57 Å². The lowest BCUT2D eigenvalue weighted by molar-refractivity contribution is 0.0472. The van der Waals surface area contributed by atoms with E-state index in [1.807, 2.05) is 12.1 Å². The predicted molar refractivity (Wildman–Crippen MR) is 89.1 cm³/mol. The first-order valence-electron chi connectivity index (χ1n) is 8.01. The van der Waals surface area contributed by atoms with Gasteiger partial charge in [-0.1, -0.05) is 30.3 Å². The Balaban J connectivity index is 1.45. The van der Waals surface area contributed by atoms with E-state index in [2.05, 4.69) is 28.2 Å². The Morgan fingerprint density at radius 3 is 3.00 bits per heavy atom. The van der Waals surface area contributed by atoms with Crippen LogP contribution in [0.4, 0.5) is 0 Å². The van der Waals surface area contributed by atoms with Crippen molar-refractivity contribution in [3.63, 3.8) is 0 Å². The molecule has 2 aromatic heterocycles. The van der Waals surface area contributed by atoms with Crippen molar-refractivity contribution >= 4 is 5.97 Å². The van der Waals surface area contributed by atoms with Crippen LogP contribution in [0.5, 0.6) is 0 Å². The van der Waals surface area contributed by atoms with Gasteiger partial charge in [-0.15, -0.1) is 0 Å². The minimum Gasteiger partial charge on any atom is -0.460 e. The van der Waals surface area contributed by atoms with Crippen LogP contribution in [0, 0.1) is 0 Å². The largest absolute Gasteiger partial charge is 0.460 e. The summed E-state index contributed by atoms with van der Waals surface area (Å²) < 4.78 is 7.27. The summed E-state index contributed by atoms with van der Waals surface area (Å²) in [6, 6.07) is 13.7. The number of hydrogen-bond acceptors (Lipinski definition) is 4. The maximum Gasteiger partial charge on any atom is 0.357 e. The number of aromatic nitrogens is 3. The van der Waals surface area contributed by atoms with Gasteiger partial charge in [-0.2, -0.15) is 0 Å². The minimum atomic E-state index is -0.388. The second-order valence-corrected chi connectivity index (χ2v) is 5.88. The Bertz CT molecular complexity index is 859. The average molecular weight is 319 g/mol. The highest BCUT2D eigenvalue weighted by Crippen LogP contribution is 2.32. The van der Waals surface area contributed by atoms with Crippen molar-refractivity contribution in [2.75, 3.05) is 6.61 Å². The highest BCUT2D eigenvalue weighted by molar-refractivity contribution is 5.87. The molecule has 2 heterocycles. The molecular weight excluding hydrogens is 302 g/mol. The van der Waals surface area contributed by atoms with Gasteiger partial charge in [0.2, 0.25) is 0 Å². The lowest BCUT2D eigenvalue weighted by Gasteiger charge is -2.12. The standard InChI is InChI=1S/C19H17N3O2/c23-19(17-6-3-7-18(21-17)22-11-10-20-13-22)24-12-15-9-8-14-4-1-2-5-16(14)15/h1-7,10-11,13,15H,8-9,12H2/t15-/m1/s1. The summed E-state index contributed by atoms with van der Waals surface area (Å²) in [5.41, 5.74) is 2.97. The number of carbonyl (C=O) groups excluding carboxylic acids is 1. The SMILES string of the molecule is O=C(OC[C@H]1CCc2ccccc21)c1cccc(-n2ccnc2)n1. The van der Waals surface area contributed by atoms with Gasteiger partial charge in [0.15, 0.2) is 5.69 Å². The predicted octanol–water partition coefficient (Wildman–Crippen LogP) is 3.15. The molecule has 1 aliphatic rings. The number of esters is 1. The normalized spacial score (nSPS) is 15.9. The molecular formula is C19H17N3O2. The van der Waals surface area contributed by atoms with Gasteiger partial charge in [-0.05, 0) is 36.1 Å². The molecule has 24 heavy (non-hydrogen) atoms. The van der Waals surface area contributed by atoms with Crippen molar-refractivity contribution in [1.82, 2.24) is 14.5 Å². The van der Waals surface area contributed by atoms with Crippen LogP contribution in [0.15, 0.2) is 61.2 Å². The van der Waals surface area contributed by atoms with Crippen LogP contribution in [0.2, 0.25) is 0 Å². The molecule has 0 fully saturated rings. The van der Waals surface area contributed by atoms with E-state index < -0.39 is 0 Å². The van der Waals surface area contributed by atoms with E-state index in [4.69, 9.17) is 4.74 Å². The van der Waals surface area contributed by atoms with E-state index in [1.54, 1.807) is 35.4 Å². The van der Waals surface area contributed by atoms with Gasteiger partial charge in [0.25, 0.3) is 0 Å². The molecule has 1 aromatic carbocycles. The van der Waals surface area contributed by atoms with Crippen LogP contribution >= 0.6 is 0 Å². The maximum atomic E-state index is 12.3. The van der Waals surface area contributed by atoms with Gasteiger partial charge in [0.05, 0.1) is 6.61 Å². The highest BCUT2D eigenvalue weighted by atomic mass is 16.5. The number of aryl methyl sites for hydroxylation is 1. The molecule has 1 aliphatic carbocycles. The molecule has 0 radical (unpaired) electrons. The van der Waals surface area contributed by atoms with Crippen LogP contribution in [-0.4, -0.2) is 27.1 Å². The molecule has 3 aromatic rings. The van der Waals surface area contributed by atoms with Crippen molar-refractivity contribution in [2.45, 2.75) is 18.8 Å². The van der Waals surface area contributed by atoms with Gasteiger partial charge in [0.1, 0.15) is 12.1 Å². The number of fused-ring (bicyclic) bond motifs is 1. The Hall–Kier alpha value is -2.95. The van der Waals surface area contributed by atoms with Crippen molar-refractivity contribution in [3.8, 4) is 5.82 Å². The monoisotopic (exact) mass is 319 g/mol. The maximum absolute atomic E-state index is 12.3. The van der Waals surface area contributed by atoms with Crippen molar-refractivity contribution in [2.24, 2.45) is 0 Å². The number of ether oxygens (including phenoxy) is 1. The molecule has 4 rings (SSSR count). The molecule has 0 amide bonds. The number of benzene rings is 1. The fourth-order valence-corrected chi connectivity index (χ4v) is 3.14. The van der Waals surface area contributed by atoms with Crippen LogP contribution in [-0.2, 0) is 11.2 Å². The van der Waals surface area contributed by atoms with Crippen LogP contribution in [0.3, 0.4) is 0 Å². The average Bonchev–Trinajstić information content (AvgIpc) is 3.30. The smallest absolute Gasteiger partial charge is 0.357 e. The number of carbonyl (C=O) groups is 1. The first-order valence-corrected chi connectivity index (χ1v) is 8.01. The number of pyridine rings is 1. The lowest BCUT2D eigenvalue weighted by atomic mass is 10.0. The molecule has 0 saturated carbocycles. The van der Waals surface area contributed by atoms with E-state index in [1.165, 1.54) is 11.1 Å². The third-order valence-electron chi connectivity index (χ3n) is 4.39. The molecule has 120 valence electrons. The number of rotatable bonds is 4. The molecule has 1 atom stereocenters. The fraction of sp³-hybridized carbons (Fsp3) is 0.211. The Morgan fingerprint density at radius 2 is 2.12 bits per heavy atom. The zero-order valence-electron chi connectivity index (χ0n) is 13.1. The quantitative estimate of drug-likeness (QED) is 0.693. The highest BCUT2D eigenvalue weighted by Gasteiger charge is 2.23. The number of imidazole rings is 1. The molecule has 0 unspecified atom stereocenters. The topological polar surface area (TPSA) is 57.0 Å². The summed E-state index contributed by atoms with van der Waals surface area (Å²) in [7, 11) is 0. The Morgan fingerprint density at radius 1 is 1.21 bits per heavy atom. The zero-order chi connectivity index (χ0) is 16.4. The summed E-state index contributed by atoms with van der Waals surface area (Å²) in [6.07, 6.45) is 7.17. The Labute approximate surface area is 139 Å². The molecule has 0 saturated heterocycles. The van der Waals surface area contributed by atoms with Crippen molar-refractivity contribution in [3.05, 3.63) is 78.0 Å². The van der Waals surface area contributed by atoms with Crippen molar-refractivity contribution < 1.29 is 9.53 Å². The second-order valence-electron chi connectivity index (χ2n) is 5.88. The van der Waals surface area contributed by atoms with E-state index in [0.29, 0.717) is 18.1 Å². The van der Waals surface area contributed by atoms with E-state index in [9.17, 15) is 4.79 Å². The third kappa shape index (κ3) is 2.80. The molecule has 0 N–H and O–H groups in total. The minimum absolute atomic E-state index is 0.280. The molecule has 5 heteroatoms. The van der Waals surface area contributed by atoms with E-state index in [0.717, 1.165) is 12.8 Å². The molecule has 0 bridgehead atoms. The van der Waals surface area contributed by atoms with Gasteiger partial charge in [-0.25, -0.2) is 14.8 Å². The molecule has 5 nitrogen and oxygen atoms in total. The molecule has 0 spiro atoms. The summed E-state index contributed by atoms with van der Waals surface area (Å²) in [5, 5.41) is 0. The van der Waals surface area contributed by atoms with Crippen LogP contribution < -0.4 is 0 Å². The molecule has 0 aliphatic heterocycles. The zero-order valence-corrected chi connectivity index (χ0v) is 13.1.